The van der Waals surface area contributed by atoms with Crippen molar-refractivity contribution >= 4 is 15.7 Å². The van der Waals surface area contributed by atoms with Crippen molar-refractivity contribution in [1.82, 2.24) is 10.0 Å². The molecule has 1 saturated heterocycles. The predicted molar refractivity (Wildman–Crippen MR) is 86.2 cm³/mol. The molecule has 1 heterocycles. The Hall–Kier alpha value is -1.11. The molecule has 1 aromatic carbocycles. The molecule has 1 aliphatic rings. The molecule has 1 aromatic rings. The summed E-state index contributed by atoms with van der Waals surface area (Å²) in [6, 6.07) is 7.21. The van der Waals surface area contributed by atoms with Gasteiger partial charge in [0.1, 0.15) is 4.90 Å². The molecule has 0 spiro atoms. The van der Waals surface area contributed by atoms with Crippen molar-refractivity contribution < 1.29 is 8.42 Å². The molecule has 5 nitrogen and oxygen atoms in total. The number of nitrogens with zero attached hydrogens (tertiary/aromatic N) is 1. The monoisotopic (exact) mass is 311 g/mol. The number of para-hydroxylation sites is 1. The van der Waals surface area contributed by atoms with Crippen LogP contribution in [0.2, 0.25) is 0 Å². The van der Waals surface area contributed by atoms with E-state index in [0.717, 1.165) is 38.2 Å². The third kappa shape index (κ3) is 4.18. The van der Waals surface area contributed by atoms with Crippen LogP contribution < -0.4 is 14.9 Å². The molecule has 1 aliphatic heterocycles. The van der Waals surface area contributed by atoms with Crippen LogP contribution in [0.3, 0.4) is 0 Å². The summed E-state index contributed by atoms with van der Waals surface area (Å²) < 4.78 is 27.2. The first-order chi connectivity index (χ1) is 10.0. The molecular formula is C15H25N3O2S. The van der Waals surface area contributed by atoms with Gasteiger partial charge in [0.15, 0.2) is 0 Å². The molecule has 21 heavy (non-hydrogen) atoms. The van der Waals surface area contributed by atoms with Gasteiger partial charge in [-0.1, -0.05) is 19.1 Å². The number of sulfonamides is 1. The van der Waals surface area contributed by atoms with E-state index >= 15 is 0 Å². The maximum absolute atomic E-state index is 12.3. The molecule has 0 radical (unpaired) electrons. The van der Waals surface area contributed by atoms with E-state index in [1.807, 2.05) is 19.2 Å². The lowest BCUT2D eigenvalue weighted by molar-refractivity contribution is 0.377. The normalized spacial score (nSPS) is 16.9. The zero-order valence-corrected chi connectivity index (χ0v) is 13.6. The summed E-state index contributed by atoms with van der Waals surface area (Å²) in [4.78, 5) is 2.43. The van der Waals surface area contributed by atoms with Crippen molar-refractivity contribution in [3.63, 3.8) is 0 Å². The Kier molecular flexibility index (Phi) is 5.61. The first-order valence-corrected chi connectivity index (χ1v) is 9.03. The number of nitrogens with one attached hydrogen (secondary N) is 2. The molecule has 2 rings (SSSR count). The molecule has 118 valence electrons. The van der Waals surface area contributed by atoms with Crippen LogP contribution in [0.1, 0.15) is 19.8 Å². The van der Waals surface area contributed by atoms with Gasteiger partial charge in [0.25, 0.3) is 0 Å². The van der Waals surface area contributed by atoms with Crippen LogP contribution in [0.25, 0.3) is 0 Å². The lowest BCUT2D eigenvalue weighted by Crippen LogP contribution is -2.35. The van der Waals surface area contributed by atoms with Gasteiger partial charge < -0.3 is 10.2 Å². The van der Waals surface area contributed by atoms with E-state index in [-0.39, 0.29) is 0 Å². The number of hydrogen-bond donors (Lipinski definition) is 2. The summed E-state index contributed by atoms with van der Waals surface area (Å²) in [6.07, 6.45) is 2.29. The van der Waals surface area contributed by atoms with E-state index in [9.17, 15) is 8.42 Å². The van der Waals surface area contributed by atoms with E-state index in [1.54, 1.807) is 19.1 Å². The van der Waals surface area contributed by atoms with Crippen LogP contribution in [0.4, 0.5) is 5.69 Å². The number of anilines is 1. The quantitative estimate of drug-likeness (QED) is 0.834. The van der Waals surface area contributed by atoms with E-state index < -0.39 is 10.0 Å². The number of piperidine rings is 1. The van der Waals surface area contributed by atoms with Crippen molar-refractivity contribution in [3.05, 3.63) is 24.3 Å². The Balaban J connectivity index is 2.18. The number of rotatable bonds is 6. The fraction of sp³-hybridized carbons (Fsp3) is 0.600. The average molecular weight is 311 g/mol. The smallest absolute Gasteiger partial charge is 0.242 e. The van der Waals surface area contributed by atoms with Gasteiger partial charge in [-0.2, -0.15) is 0 Å². The fourth-order valence-electron chi connectivity index (χ4n) is 2.82. The largest absolute Gasteiger partial charge is 0.373 e. The third-order valence-corrected chi connectivity index (χ3v) is 5.48. The summed E-state index contributed by atoms with van der Waals surface area (Å²) in [6.45, 7) is 5.18. The maximum Gasteiger partial charge on any atom is 0.242 e. The van der Waals surface area contributed by atoms with Gasteiger partial charge in [-0.25, -0.2) is 13.1 Å². The zero-order valence-electron chi connectivity index (χ0n) is 12.8. The highest BCUT2D eigenvalue weighted by atomic mass is 32.2. The summed E-state index contributed by atoms with van der Waals surface area (Å²) in [5.74, 6) is 0.617. The van der Waals surface area contributed by atoms with E-state index in [2.05, 4.69) is 14.9 Å². The highest BCUT2D eigenvalue weighted by molar-refractivity contribution is 7.89. The van der Waals surface area contributed by atoms with Gasteiger partial charge >= 0.3 is 0 Å². The lowest BCUT2D eigenvalue weighted by atomic mass is 9.97. The van der Waals surface area contributed by atoms with Crippen LogP contribution >= 0.6 is 0 Å². The van der Waals surface area contributed by atoms with Gasteiger partial charge in [-0.15, -0.1) is 0 Å². The average Bonchev–Trinajstić information content (AvgIpc) is 2.48. The Bertz CT molecular complexity index is 554. The molecule has 0 aromatic heterocycles. The SMILES string of the molecule is CCNS(=O)(=O)c1ccccc1N(C)CC1CCNCC1. The van der Waals surface area contributed by atoms with Crippen molar-refractivity contribution in [1.29, 1.82) is 0 Å². The topological polar surface area (TPSA) is 61.4 Å². The molecule has 6 heteroatoms. The van der Waals surface area contributed by atoms with E-state index in [1.165, 1.54) is 0 Å². The molecular weight excluding hydrogens is 286 g/mol. The summed E-state index contributed by atoms with van der Waals surface area (Å²) >= 11 is 0. The molecule has 0 atom stereocenters. The molecule has 0 unspecified atom stereocenters. The van der Waals surface area contributed by atoms with Crippen LogP contribution in [0.5, 0.6) is 0 Å². The van der Waals surface area contributed by atoms with Crippen LogP contribution in [-0.4, -0.2) is 41.6 Å². The Morgan fingerprint density at radius 3 is 2.62 bits per heavy atom. The minimum atomic E-state index is -3.43. The van der Waals surface area contributed by atoms with Crippen molar-refractivity contribution in [2.45, 2.75) is 24.7 Å². The fourth-order valence-corrected chi connectivity index (χ4v) is 4.11. The Morgan fingerprint density at radius 1 is 1.29 bits per heavy atom. The van der Waals surface area contributed by atoms with Gasteiger partial charge in [0, 0.05) is 20.1 Å². The minimum Gasteiger partial charge on any atom is -0.373 e. The molecule has 0 saturated carbocycles. The molecule has 1 fully saturated rings. The van der Waals surface area contributed by atoms with Crippen LogP contribution in [0, 0.1) is 5.92 Å². The zero-order chi connectivity index (χ0) is 15.3. The van der Waals surface area contributed by atoms with Crippen LogP contribution in [0.15, 0.2) is 29.2 Å². The summed E-state index contributed by atoms with van der Waals surface area (Å²) in [7, 11) is -1.46. The summed E-state index contributed by atoms with van der Waals surface area (Å²) in [5.41, 5.74) is 0.775. The first-order valence-electron chi connectivity index (χ1n) is 7.55. The minimum absolute atomic E-state index is 0.364. The van der Waals surface area contributed by atoms with Crippen molar-refractivity contribution in [3.8, 4) is 0 Å². The second-order valence-corrected chi connectivity index (χ2v) is 7.28. The highest BCUT2D eigenvalue weighted by Gasteiger charge is 2.21. The van der Waals surface area contributed by atoms with Crippen molar-refractivity contribution in [2.75, 3.05) is 38.1 Å². The molecule has 0 aliphatic carbocycles. The highest BCUT2D eigenvalue weighted by Crippen LogP contribution is 2.25. The number of hydrogen-bond acceptors (Lipinski definition) is 4. The number of benzene rings is 1. The van der Waals surface area contributed by atoms with Gasteiger partial charge in [0.05, 0.1) is 5.69 Å². The molecule has 0 amide bonds. The third-order valence-electron chi connectivity index (χ3n) is 3.89. The lowest BCUT2D eigenvalue weighted by Gasteiger charge is -2.29. The molecule has 0 bridgehead atoms. The first kappa shape index (κ1) is 16.3. The van der Waals surface area contributed by atoms with Gasteiger partial charge in [-0.05, 0) is 44.0 Å². The van der Waals surface area contributed by atoms with E-state index in [4.69, 9.17) is 0 Å². The van der Waals surface area contributed by atoms with Crippen LogP contribution in [-0.2, 0) is 10.0 Å². The Labute approximate surface area is 127 Å². The second kappa shape index (κ2) is 7.24. The molecule has 2 N–H and O–H groups in total. The predicted octanol–water partition coefficient (Wildman–Crippen LogP) is 1.42. The van der Waals surface area contributed by atoms with Gasteiger partial charge in [-0.3, -0.25) is 0 Å². The standard InChI is InChI=1S/C15H25N3O2S/c1-3-17-21(19,20)15-7-5-4-6-14(15)18(2)12-13-8-10-16-11-9-13/h4-7,13,16-17H,3,8-12H2,1-2H3. The van der Waals surface area contributed by atoms with E-state index in [0.29, 0.717) is 17.4 Å². The summed E-state index contributed by atoms with van der Waals surface area (Å²) in [5, 5.41) is 3.36. The van der Waals surface area contributed by atoms with Crippen molar-refractivity contribution in [2.24, 2.45) is 5.92 Å². The van der Waals surface area contributed by atoms with Gasteiger partial charge in [0.2, 0.25) is 10.0 Å². The maximum atomic E-state index is 12.3. The second-order valence-electron chi connectivity index (χ2n) is 5.54. The Morgan fingerprint density at radius 2 is 1.95 bits per heavy atom.